The molecule has 0 spiro atoms. The molecule has 0 aliphatic rings. The van der Waals surface area contributed by atoms with Crippen LogP contribution in [-0.2, 0) is 0 Å². The summed E-state index contributed by atoms with van der Waals surface area (Å²) in [5.74, 6) is 1.09. The van der Waals surface area contributed by atoms with Gasteiger partial charge in [-0.3, -0.25) is 4.98 Å². The maximum Gasteiger partial charge on any atom is 0.144 e. The Labute approximate surface area is 168 Å². The number of nitrogens with zero attached hydrogens (tertiary/aromatic N) is 1. The predicted octanol–water partition coefficient (Wildman–Crippen LogP) is 6.95. The molecule has 0 aliphatic heterocycles. The molecule has 0 aliphatic carbocycles. The van der Waals surface area contributed by atoms with Crippen molar-refractivity contribution in [3.8, 4) is 11.3 Å². The molecule has 0 saturated heterocycles. The van der Waals surface area contributed by atoms with E-state index >= 15 is 0 Å². The molecule has 2 nitrogen and oxygen atoms in total. The highest BCUT2D eigenvalue weighted by Gasteiger charge is 2.25. The Hall–Kier alpha value is -2.39. The number of furan rings is 1. The minimum absolute atomic E-state index is 0.498. The Bertz CT molecular complexity index is 1150. The highest BCUT2D eigenvalue weighted by Crippen LogP contribution is 2.36. The Kier molecular flexibility index (Phi) is 4.66. The molecule has 4 rings (SSSR count). The lowest BCUT2D eigenvalue weighted by Gasteiger charge is -2.26. The van der Waals surface area contributed by atoms with Crippen LogP contribution in [0.5, 0.6) is 0 Å². The first-order chi connectivity index (χ1) is 13.3. The van der Waals surface area contributed by atoms with Crippen LogP contribution in [0.3, 0.4) is 0 Å². The van der Waals surface area contributed by atoms with Gasteiger partial charge in [0.15, 0.2) is 0 Å². The van der Waals surface area contributed by atoms with Crippen molar-refractivity contribution in [3.63, 3.8) is 0 Å². The SMILES string of the molecule is CC(C)C(C)c1cc(-c2cccc3c2oc2ccccc23)ncc1[Si](C)(C)C. The fraction of sp³-hybridized carbons (Fsp3) is 0.320. The summed E-state index contributed by atoms with van der Waals surface area (Å²) in [5, 5.41) is 3.78. The molecule has 4 aromatic rings. The van der Waals surface area contributed by atoms with Crippen molar-refractivity contribution in [2.45, 2.75) is 46.3 Å². The molecule has 0 amide bonds. The van der Waals surface area contributed by atoms with Crippen LogP contribution in [0.2, 0.25) is 19.6 Å². The van der Waals surface area contributed by atoms with Crippen molar-refractivity contribution in [2.75, 3.05) is 0 Å². The molecule has 0 bridgehead atoms. The van der Waals surface area contributed by atoms with Gasteiger partial charge >= 0.3 is 0 Å². The lowest BCUT2D eigenvalue weighted by atomic mass is 9.90. The highest BCUT2D eigenvalue weighted by molar-refractivity contribution is 6.89. The maximum atomic E-state index is 6.25. The van der Waals surface area contributed by atoms with E-state index in [9.17, 15) is 0 Å². The summed E-state index contributed by atoms with van der Waals surface area (Å²) in [6.45, 7) is 14.2. The Morgan fingerprint density at radius 2 is 1.61 bits per heavy atom. The number of hydrogen-bond acceptors (Lipinski definition) is 2. The van der Waals surface area contributed by atoms with Crippen LogP contribution in [0.1, 0.15) is 32.3 Å². The summed E-state index contributed by atoms with van der Waals surface area (Å²) in [4.78, 5) is 4.91. The van der Waals surface area contributed by atoms with Crippen LogP contribution >= 0.6 is 0 Å². The molecule has 0 N–H and O–H groups in total. The van der Waals surface area contributed by atoms with Crippen molar-refractivity contribution < 1.29 is 4.42 Å². The lowest BCUT2D eigenvalue weighted by Crippen LogP contribution is -2.41. The summed E-state index contributed by atoms with van der Waals surface area (Å²) in [5.41, 5.74) is 5.40. The average Bonchev–Trinajstić information content (AvgIpc) is 3.05. The molecule has 3 heteroatoms. The van der Waals surface area contributed by atoms with E-state index in [2.05, 4.69) is 83.0 Å². The zero-order chi connectivity index (χ0) is 20.1. The highest BCUT2D eigenvalue weighted by atomic mass is 28.3. The van der Waals surface area contributed by atoms with Crippen LogP contribution < -0.4 is 5.19 Å². The van der Waals surface area contributed by atoms with E-state index in [0.29, 0.717) is 11.8 Å². The summed E-state index contributed by atoms with van der Waals surface area (Å²) in [7, 11) is -1.48. The van der Waals surface area contributed by atoms with Crippen molar-refractivity contribution in [3.05, 3.63) is 60.3 Å². The first kappa shape index (κ1) is 18.9. The Morgan fingerprint density at radius 3 is 2.32 bits per heavy atom. The van der Waals surface area contributed by atoms with Crippen molar-refractivity contribution in [2.24, 2.45) is 5.92 Å². The molecular formula is C25H29NOSi. The van der Waals surface area contributed by atoms with E-state index < -0.39 is 8.07 Å². The predicted molar refractivity (Wildman–Crippen MR) is 123 cm³/mol. The van der Waals surface area contributed by atoms with Gasteiger partial charge in [0.2, 0.25) is 0 Å². The first-order valence-electron chi connectivity index (χ1n) is 10.2. The standard InChI is InChI=1S/C25H29NOSi/c1-16(2)17(3)21-14-22(26-15-24(21)28(4,5)6)20-12-9-11-19-18-10-7-8-13-23(18)27-25(19)20/h7-17H,1-6H3. The fourth-order valence-electron chi connectivity index (χ4n) is 3.93. The summed E-state index contributed by atoms with van der Waals surface area (Å²) >= 11 is 0. The largest absolute Gasteiger partial charge is 0.455 e. The number of fused-ring (bicyclic) bond motifs is 3. The minimum atomic E-state index is -1.48. The number of hydrogen-bond donors (Lipinski definition) is 0. The van der Waals surface area contributed by atoms with E-state index in [-0.39, 0.29) is 0 Å². The molecule has 1 unspecified atom stereocenters. The second kappa shape index (κ2) is 6.89. The summed E-state index contributed by atoms with van der Waals surface area (Å²) < 4.78 is 6.25. The first-order valence-corrected chi connectivity index (χ1v) is 13.7. The molecule has 144 valence electrons. The molecule has 1 atom stereocenters. The smallest absolute Gasteiger partial charge is 0.144 e. The van der Waals surface area contributed by atoms with Gasteiger partial charge in [0.25, 0.3) is 0 Å². The minimum Gasteiger partial charge on any atom is -0.455 e. The monoisotopic (exact) mass is 387 g/mol. The second-order valence-electron chi connectivity index (χ2n) is 9.22. The zero-order valence-corrected chi connectivity index (χ0v) is 18.7. The third-order valence-electron chi connectivity index (χ3n) is 5.91. The van der Waals surface area contributed by atoms with Crippen molar-refractivity contribution >= 4 is 35.2 Å². The number of rotatable bonds is 4. The van der Waals surface area contributed by atoms with E-state index in [1.54, 1.807) is 0 Å². The van der Waals surface area contributed by atoms with Crippen LogP contribution in [0.15, 0.2) is 59.1 Å². The molecule has 0 radical (unpaired) electrons. The second-order valence-corrected chi connectivity index (χ2v) is 14.3. The number of para-hydroxylation sites is 2. The van der Waals surface area contributed by atoms with Gasteiger partial charge in [0, 0.05) is 22.5 Å². The third kappa shape index (κ3) is 3.18. The molecule has 2 aromatic heterocycles. The Morgan fingerprint density at radius 1 is 0.893 bits per heavy atom. The van der Waals surface area contributed by atoms with Crippen LogP contribution in [0, 0.1) is 5.92 Å². The summed E-state index contributed by atoms with van der Waals surface area (Å²) in [6, 6.07) is 16.9. The van der Waals surface area contributed by atoms with Crippen LogP contribution in [0.25, 0.3) is 33.2 Å². The number of benzene rings is 2. The van der Waals surface area contributed by atoms with Crippen molar-refractivity contribution in [1.82, 2.24) is 4.98 Å². The zero-order valence-electron chi connectivity index (χ0n) is 17.7. The van der Waals surface area contributed by atoms with Crippen LogP contribution in [0.4, 0.5) is 0 Å². The molecule has 0 fully saturated rings. The number of aromatic nitrogens is 1. The quantitative estimate of drug-likeness (QED) is 0.354. The van der Waals surface area contributed by atoms with Gasteiger partial charge in [-0.15, -0.1) is 0 Å². The Balaban J connectivity index is 1.96. The van der Waals surface area contributed by atoms with E-state index in [4.69, 9.17) is 9.40 Å². The third-order valence-corrected chi connectivity index (χ3v) is 7.95. The molecule has 2 heterocycles. The summed E-state index contributed by atoms with van der Waals surface area (Å²) in [6.07, 6.45) is 2.14. The number of pyridine rings is 1. The molecular weight excluding hydrogens is 358 g/mol. The average molecular weight is 388 g/mol. The topological polar surface area (TPSA) is 26.0 Å². The van der Waals surface area contributed by atoms with Crippen molar-refractivity contribution in [1.29, 1.82) is 0 Å². The van der Waals surface area contributed by atoms with Gasteiger partial charge in [-0.2, -0.15) is 0 Å². The molecule has 28 heavy (non-hydrogen) atoms. The molecule has 2 aromatic carbocycles. The van der Waals surface area contributed by atoms with Gasteiger partial charge in [0.1, 0.15) is 11.2 Å². The normalized spacial score (nSPS) is 13.5. The fourth-order valence-corrected chi connectivity index (χ4v) is 5.55. The van der Waals surface area contributed by atoms with Gasteiger partial charge < -0.3 is 4.42 Å². The molecule has 0 saturated carbocycles. The van der Waals surface area contributed by atoms with Gasteiger partial charge in [-0.25, -0.2) is 0 Å². The van der Waals surface area contributed by atoms with E-state index in [1.807, 2.05) is 12.1 Å². The van der Waals surface area contributed by atoms with Gasteiger partial charge in [-0.05, 0) is 40.8 Å². The van der Waals surface area contributed by atoms with Gasteiger partial charge in [-0.1, -0.05) is 70.7 Å². The maximum absolute atomic E-state index is 6.25. The van der Waals surface area contributed by atoms with E-state index in [0.717, 1.165) is 33.2 Å². The van der Waals surface area contributed by atoms with Gasteiger partial charge in [0.05, 0.1) is 13.8 Å². The van der Waals surface area contributed by atoms with Crippen LogP contribution in [-0.4, -0.2) is 13.1 Å². The lowest BCUT2D eigenvalue weighted by molar-refractivity contribution is 0.537. The van der Waals surface area contributed by atoms with E-state index in [1.165, 1.54) is 10.8 Å².